The lowest BCUT2D eigenvalue weighted by atomic mass is 10.0. The van der Waals surface area contributed by atoms with Crippen molar-refractivity contribution < 1.29 is 0 Å². The highest BCUT2D eigenvalue weighted by Crippen LogP contribution is 2.41. The number of hydrogen-bond donors (Lipinski definition) is 1. The Kier molecular flexibility index (Phi) is 3.47. The van der Waals surface area contributed by atoms with Gasteiger partial charge in [0.2, 0.25) is 0 Å². The number of aromatic nitrogens is 3. The second-order valence-electron chi connectivity index (χ2n) is 4.86. The predicted octanol–water partition coefficient (Wildman–Crippen LogP) is 4.06. The van der Waals surface area contributed by atoms with Crippen LogP contribution in [0.15, 0.2) is 24.3 Å². The molecule has 0 atom stereocenters. The molecule has 2 aromatic heterocycles. The Morgan fingerprint density at radius 1 is 1.24 bits per heavy atom. The van der Waals surface area contributed by atoms with E-state index in [1.807, 2.05) is 45.2 Å². The first kappa shape index (κ1) is 14.1. The first-order valence-corrected chi connectivity index (χ1v) is 7.70. The molecule has 108 valence electrons. The molecule has 0 saturated carbocycles. The van der Waals surface area contributed by atoms with Gasteiger partial charge in [0.05, 0.1) is 21.1 Å². The Morgan fingerprint density at radius 3 is 2.57 bits per heavy atom. The second-order valence-corrected chi connectivity index (χ2v) is 6.47. The lowest BCUT2D eigenvalue weighted by Crippen LogP contribution is -1.98. The predicted molar refractivity (Wildman–Crippen MR) is 88.6 cm³/mol. The van der Waals surface area contributed by atoms with Gasteiger partial charge >= 0.3 is 0 Å². The van der Waals surface area contributed by atoms with Crippen molar-refractivity contribution in [3.8, 4) is 21.7 Å². The molecule has 0 aliphatic carbocycles. The van der Waals surface area contributed by atoms with E-state index >= 15 is 0 Å². The van der Waals surface area contributed by atoms with Crippen molar-refractivity contribution in [3.05, 3.63) is 40.0 Å². The van der Waals surface area contributed by atoms with E-state index in [0.29, 0.717) is 10.8 Å². The molecule has 0 spiro atoms. The van der Waals surface area contributed by atoms with Crippen LogP contribution >= 0.6 is 22.9 Å². The van der Waals surface area contributed by atoms with Gasteiger partial charge in [0.1, 0.15) is 11.5 Å². The molecule has 2 N–H and O–H groups in total. The van der Waals surface area contributed by atoms with Crippen molar-refractivity contribution >= 4 is 28.8 Å². The summed E-state index contributed by atoms with van der Waals surface area (Å²) in [5, 5.41) is 6.25. The highest BCUT2D eigenvalue weighted by Gasteiger charge is 2.22. The molecule has 0 radical (unpaired) electrons. The third-order valence-corrected chi connectivity index (χ3v) is 4.76. The molecular formula is C15H15ClN4S. The minimum atomic E-state index is 0.601. The second kappa shape index (κ2) is 5.16. The van der Waals surface area contributed by atoms with E-state index in [1.54, 1.807) is 16.0 Å². The zero-order chi connectivity index (χ0) is 15.1. The van der Waals surface area contributed by atoms with E-state index in [0.717, 1.165) is 32.4 Å². The monoisotopic (exact) mass is 318 g/mol. The van der Waals surface area contributed by atoms with E-state index in [1.165, 1.54) is 0 Å². The van der Waals surface area contributed by atoms with Crippen LogP contribution in [-0.2, 0) is 7.05 Å². The van der Waals surface area contributed by atoms with Crippen LogP contribution in [0, 0.1) is 13.8 Å². The van der Waals surface area contributed by atoms with Gasteiger partial charge in [-0.2, -0.15) is 5.10 Å². The van der Waals surface area contributed by atoms with E-state index in [-0.39, 0.29) is 0 Å². The maximum absolute atomic E-state index is 6.34. The summed E-state index contributed by atoms with van der Waals surface area (Å²) in [6, 6.07) is 7.67. The van der Waals surface area contributed by atoms with Crippen molar-refractivity contribution in [2.45, 2.75) is 13.8 Å². The molecule has 0 aliphatic heterocycles. The molecule has 21 heavy (non-hydrogen) atoms. The molecule has 0 amide bonds. The van der Waals surface area contributed by atoms with Gasteiger partial charge in [0.25, 0.3) is 0 Å². The fourth-order valence-electron chi connectivity index (χ4n) is 2.38. The van der Waals surface area contributed by atoms with Crippen LogP contribution in [0.25, 0.3) is 21.7 Å². The van der Waals surface area contributed by atoms with E-state index in [9.17, 15) is 0 Å². The number of nitrogens with two attached hydrogens (primary N) is 1. The van der Waals surface area contributed by atoms with Gasteiger partial charge in [-0.1, -0.05) is 29.8 Å². The fraction of sp³-hybridized carbons (Fsp3) is 0.200. The summed E-state index contributed by atoms with van der Waals surface area (Å²) >= 11 is 7.96. The molecule has 6 heteroatoms. The van der Waals surface area contributed by atoms with Crippen molar-refractivity contribution in [1.29, 1.82) is 0 Å². The molecule has 0 fully saturated rings. The molecule has 3 rings (SSSR count). The van der Waals surface area contributed by atoms with Gasteiger partial charge in [-0.05, 0) is 19.9 Å². The van der Waals surface area contributed by atoms with E-state index in [2.05, 4.69) is 10.1 Å². The van der Waals surface area contributed by atoms with E-state index in [4.69, 9.17) is 17.3 Å². The number of nitrogens with zero attached hydrogens (tertiary/aromatic N) is 3. The van der Waals surface area contributed by atoms with E-state index < -0.39 is 0 Å². The molecule has 0 aliphatic rings. The number of thiazole rings is 1. The normalized spacial score (nSPS) is 11.0. The fourth-order valence-corrected chi connectivity index (χ4v) is 3.52. The maximum Gasteiger partial charge on any atom is 0.130 e. The third-order valence-electron chi connectivity index (χ3n) is 3.35. The van der Waals surface area contributed by atoms with Gasteiger partial charge in [-0.15, -0.1) is 11.3 Å². The lowest BCUT2D eigenvalue weighted by molar-refractivity contribution is 0.782. The Balaban J connectivity index is 2.31. The average molecular weight is 319 g/mol. The van der Waals surface area contributed by atoms with Gasteiger partial charge in [-0.25, -0.2) is 4.98 Å². The van der Waals surface area contributed by atoms with Crippen LogP contribution in [0.4, 0.5) is 5.82 Å². The van der Waals surface area contributed by atoms with Crippen LogP contribution in [-0.4, -0.2) is 14.8 Å². The highest BCUT2D eigenvalue weighted by molar-refractivity contribution is 7.15. The maximum atomic E-state index is 6.34. The van der Waals surface area contributed by atoms with Gasteiger partial charge < -0.3 is 5.73 Å². The molecule has 2 heterocycles. The topological polar surface area (TPSA) is 56.7 Å². The number of benzene rings is 1. The molecule has 1 aromatic carbocycles. The Labute approximate surface area is 132 Å². The number of rotatable bonds is 2. The average Bonchev–Trinajstić information content (AvgIpc) is 2.91. The highest BCUT2D eigenvalue weighted by atomic mass is 35.5. The van der Waals surface area contributed by atoms with Crippen LogP contribution < -0.4 is 5.73 Å². The number of halogens is 1. The summed E-state index contributed by atoms with van der Waals surface area (Å²) in [4.78, 5) is 5.52. The Hall–Kier alpha value is -1.85. The van der Waals surface area contributed by atoms with Gasteiger partial charge in [0, 0.05) is 17.6 Å². The Bertz CT molecular complexity index is 819. The molecular weight excluding hydrogens is 304 g/mol. The van der Waals surface area contributed by atoms with Crippen molar-refractivity contribution in [3.63, 3.8) is 0 Å². The summed E-state index contributed by atoms with van der Waals surface area (Å²) in [5.41, 5.74) is 9.79. The Morgan fingerprint density at radius 2 is 1.95 bits per heavy atom. The minimum absolute atomic E-state index is 0.601. The number of nitrogen functional groups attached to an aromatic ring is 1. The zero-order valence-electron chi connectivity index (χ0n) is 12.0. The first-order chi connectivity index (χ1) is 9.99. The van der Waals surface area contributed by atoms with Crippen LogP contribution in [0.3, 0.4) is 0 Å². The standard InChI is InChI=1S/C15H15ClN4S/c1-8-14(21-9(2)18-8)13-12(15(17)20(3)19-13)10-6-4-5-7-11(10)16/h4-7H,17H2,1-3H3. The number of hydrogen-bond acceptors (Lipinski definition) is 4. The third kappa shape index (κ3) is 2.32. The molecule has 3 aromatic rings. The number of anilines is 1. The zero-order valence-corrected chi connectivity index (χ0v) is 13.6. The summed E-state index contributed by atoms with van der Waals surface area (Å²) in [6.07, 6.45) is 0. The van der Waals surface area contributed by atoms with Crippen LogP contribution in [0.2, 0.25) is 5.02 Å². The molecule has 0 unspecified atom stereocenters. The lowest BCUT2D eigenvalue weighted by Gasteiger charge is -2.05. The smallest absolute Gasteiger partial charge is 0.130 e. The van der Waals surface area contributed by atoms with Crippen LogP contribution in [0.1, 0.15) is 10.7 Å². The van der Waals surface area contributed by atoms with Crippen molar-refractivity contribution in [1.82, 2.24) is 14.8 Å². The first-order valence-electron chi connectivity index (χ1n) is 6.50. The molecule has 0 bridgehead atoms. The quantitative estimate of drug-likeness (QED) is 0.775. The minimum Gasteiger partial charge on any atom is -0.383 e. The molecule has 0 saturated heterocycles. The number of aryl methyl sites for hydroxylation is 3. The van der Waals surface area contributed by atoms with Crippen molar-refractivity contribution in [2.75, 3.05) is 5.73 Å². The summed E-state index contributed by atoms with van der Waals surface area (Å²) < 4.78 is 1.68. The summed E-state index contributed by atoms with van der Waals surface area (Å²) in [7, 11) is 1.84. The SMILES string of the molecule is Cc1nc(C)c(-c2nn(C)c(N)c2-c2ccccc2Cl)s1. The summed E-state index contributed by atoms with van der Waals surface area (Å²) in [5.74, 6) is 0.601. The van der Waals surface area contributed by atoms with Crippen LogP contribution in [0.5, 0.6) is 0 Å². The summed E-state index contributed by atoms with van der Waals surface area (Å²) in [6.45, 7) is 3.97. The van der Waals surface area contributed by atoms with Gasteiger partial charge in [0.15, 0.2) is 0 Å². The largest absolute Gasteiger partial charge is 0.383 e. The van der Waals surface area contributed by atoms with Crippen molar-refractivity contribution in [2.24, 2.45) is 7.05 Å². The van der Waals surface area contributed by atoms with Gasteiger partial charge in [-0.3, -0.25) is 4.68 Å². The molecule has 4 nitrogen and oxygen atoms in total.